The van der Waals surface area contributed by atoms with Crippen LogP contribution >= 0.6 is 23.2 Å². The molecule has 1 aliphatic rings. The highest BCUT2D eigenvalue weighted by Gasteiger charge is 2.19. The zero-order chi connectivity index (χ0) is 20.9. The molecule has 1 N–H and O–H groups in total. The van der Waals surface area contributed by atoms with Crippen LogP contribution in [0.4, 0.5) is 10.5 Å². The summed E-state index contributed by atoms with van der Waals surface area (Å²) in [6.07, 6.45) is 6.15. The highest BCUT2D eigenvalue weighted by atomic mass is 35.5. The molecular formula is C21H20Cl2N4O3. The van der Waals surface area contributed by atoms with Gasteiger partial charge in [-0.1, -0.05) is 35.3 Å². The van der Waals surface area contributed by atoms with Gasteiger partial charge in [-0.05, 0) is 36.2 Å². The van der Waals surface area contributed by atoms with E-state index in [2.05, 4.69) is 10.3 Å². The summed E-state index contributed by atoms with van der Waals surface area (Å²) in [4.78, 5) is 18.8. The van der Waals surface area contributed by atoms with Crippen molar-refractivity contribution in [2.24, 2.45) is 0 Å². The molecular weight excluding hydrogens is 427 g/mol. The van der Waals surface area contributed by atoms with Crippen LogP contribution in [0, 0.1) is 0 Å². The summed E-state index contributed by atoms with van der Waals surface area (Å²) in [6.45, 7) is 1.91. The molecule has 9 heteroatoms. The number of rotatable bonds is 7. The lowest BCUT2D eigenvalue weighted by molar-refractivity contribution is 0.174. The van der Waals surface area contributed by atoms with E-state index in [9.17, 15) is 4.79 Å². The fraction of sp³-hybridized carbons (Fsp3) is 0.238. The number of carbonyl (C=O) groups is 1. The Morgan fingerprint density at radius 2 is 2.07 bits per heavy atom. The van der Waals surface area contributed by atoms with E-state index >= 15 is 0 Å². The Kier molecular flexibility index (Phi) is 6.30. The van der Waals surface area contributed by atoms with Gasteiger partial charge in [-0.3, -0.25) is 0 Å². The summed E-state index contributed by atoms with van der Waals surface area (Å²) in [6, 6.07) is 10.5. The highest BCUT2D eigenvalue weighted by Crippen LogP contribution is 2.33. The molecule has 0 spiro atoms. The second-order valence-electron chi connectivity index (χ2n) is 6.79. The van der Waals surface area contributed by atoms with Crippen LogP contribution in [0.15, 0.2) is 55.1 Å². The Morgan fingerprint density at radius 3 is 2.90 bits per heavy atom. The maximum absolute atomic E-state index is 13.0. The maximum atomic E-state index is 13.0. The molecule has 156 valence electrons. The van der Waals surface area contributed by atoms with E-state index < -0.39 is 0 Å². The molecule has 0 saturated heterocycles. The lowest BCUT2D eigenvalue weighted by Gasteiger charge is -2.24. The molecule has 2 heterocycles. The molecule has 30 heavy (non-hydrogen) atoms. The summed E-state index contributed by atoms with van der Waals surface area (Å²) in [5, 5.41) is 3.56. The number of nitrogens with one attached hydrogen (secondary N) is 1. The maximum Gasteiger partial charge on any atom is 0.322 e. The number of anilines is 1. The number of ether oxygens (including phenoxy) is 2. The number of carbonyl (C=O) groups excluding carboxylic acids is 1. The standard InChI is InChI=1S/C21H20Cl2N4O3/c22-16-3-1-4-17(20(16)23)25-21(28)27(9-2-8-26-10-7-24-13-26)12-15-5-6-18-19(11-15)30-14-29-18/h1,3-7,10-11,13H,2,8-9,12,14H2,(H,25,28). The van der Waals surface area contributed by atoms with Crippen LogP contribution in [-0.2, 0) is 13.1 Å². The minimum atomic E-state index is -0.262. The number of aryl methyl sites for hydroxylation is 1. The molecule has 0 atom stereocenters. The number of fused-ring (bicyclic) bond motifs is 1. The van der Waals surface area contributed by atoms with Crippen molar-refractivity contribution >= 4 is 34.9 Å². The van der Waals surface area contributed by atoms with E-state index in [0.29, 0.717) is 40.3 Å². The highest BCUT2D eigenvalue weighted by molar-refractivity contribution is 6.43. The van der Waals surface area contributed by atoms with Gasteiger partial charge >= 0.3 is 6.03 Å². The van der Waals surface area contributed by atoms with Crippen molar-refractivity contribution in [2.45, 2.75) is 19.5 Å². The molecule has 2 amide bonds. The molecule has 0 fully saturated rings. The number of urea groups is 1. The molecule has 0 bridgehead atoms. The Morgan fingerprint density at radius 1 is 1.20 bits per heavy atom. The third-order valence-electron chi connectivity index (χ3n) is 4.69. The Bertz CT molecular complexity index is 1030. The second-order valence-corrected chi connectivity index (χ2v) is 7.58. The second kappa shape index (κ2) is 9.28. The van der Waals surface area contributed by atoms with Crippen LogP contribution in [0.25, 0.3) is 0 Å². The minimum Gasteiger partial charge on any atom is -0.454 e. The molecule has 1 aromatic heterocycles. The third kappa shape index (κ3) is 4.80. The minimum absolute atomic E-state index is 0.209. The van der Waals surface area contributed by atoms with Crippen LogP contribution in [0.3, 0.4) is 0 Å². The van der Waals surface area contributed by atoms with Crippen molar-refractivity contribution < 1.29 is 14.3 Å². The average Bonchev–Trinajstić information content (AvgIpc) is 3.42. The van der Waals surface area contributed by atoms with E-state index in [1.54, 1.807) is 35.6 Å². The number of hydrogen-bond donors (Lipinski definition) is 1. The molecule has 0 radical (unpaired) electrons. The van der Waals surface area contributed by atoms with Crippen molar-refractivity contribution in [3.63, 3.8) is 0 Å². The fourth-order valence-corrected chi connectivity index (χ4v) is 3.52. The number of hydrogen-bond acceptors (Lipinski definition) is 4. The molecule has 4 rings (SSSR count). The molecule has 0 aliphatic carbocycles. The smallest absolute Gasteiger partial charge is 0.322 e. The predicted molar refractivity (Wildman–Crippen MR) is 115 cm³/mol. The van der Waals surface area contributed by atoms with Crippen molar-refractivity contribution in [3.05, 3.63) is 70.7 Å². The van der Waals surface area contributed by atoms with Gasteiger partial charge in [0.25, 0.3) is 0 Å². The largest absolute Gasteiger partial charge is 0.454 e. The fourth-order valence-electron chi connectivity index (χ4n) is 3.17. The van der Waals surface area contributed by atoms with E-state index in [0.717, 1.165) is 18.5 Å². The van der Waals surface area contributed by atoms with E-state index in [4.69, 9.17) is 32.7 Å². The molecule has 0 saturated carbocycles. The first-order chi connectivity index (χ1) is 14.6. The van der Waals surface area contributed by atoms with Gasteiger partial charge in [0.15, 0.2) is 11.5 Å². The quantitative estimate of drug-likeness (QED) is 0.551. The number of imidazole rings is 1. The van der Waals surface area contributed by atoms with Crippen molar-refractivity contribution in [1.29, 1.82) is 0 Å². The number of halogens is 2. The van der Waals surface area contributed by atoms with Gasteiger partial charge in [0.05, 0.1) is 22.1 Å². The topological polar surface area (TPSA) is 68.6 Å². The molecule has 1 aliphatic heterocycles. The van der Waals surface area contributed by atoms with Crippen LogP contribution in [0.5, 0.6) is 11.5 Å². The van der Waals surface area contributed by atoms with Gasteiger partial charge < -0.3 is 24.3 Å². The summed E-state index contributed by atoms with van der Waals surface area (Å²) >= 11 is 12.3. The lowest BCUT2D eigenvalue weighted by atomic mass is 10.2. The van der Waals surface area contributed by atoms with Crippen LogP contribution in [-0.4, -0.2) is 33.8 Å². The van der Waals surface area contributed by atoms with Gasteiger partial charge in [-0.2, -0.15) is 0 Å². The molecule has 7 nitrogen and oxygen atoms in total. The van der Waals surface area contributed by atoms with E-state index in [1.165, 1.54) is 0 Å². The van der Waals surface area contributed by atoms with Gasteiger partial charge in [0.1, 0.15) is 0 Å². The van der Waals surface area contributed by atoms with E-state index in [1.807, 2.05) is 29.0 Å². The number of aromatic nitrogens is 2. The summed E-state index contributed by atoms with van der Waals surface area (Å²) in [5.41, 5.74) is 1.41. The molecule has 2 aromatic carbocycles. The lowest BCUT2D eigenvalue weighted by Crippen LogP contribution is -2.35. The average molecular weight is 447 g/mol. The first-order valence-electron chi connectivity index (χ1n) is 9.44. The van der Waals surface area contributed by atoms with Gasteiger partial charge in [0, 0.05) is 32.0 Å². The third-order valence-corrected chi connectivity index (χ3v) is 5.51. The molecule has 0 unspecified atom stereocenters. The zero-order valence-electron chi connectivity index (χ0n) is 16.1. The Balaban J connectivity index is 1.48. The van der Waals surface area contributed by atoms with Gasteiger partial charge in [0.2, 0.25) is 6.79 Å². The van der Waals surface area contributed by atoms with E-state index in [-0.39, 0.29) is 12.8 Å². The van der Waals surface area contributed by atoms with Crippen LogP contribution in [0.1, 0.15) is 12.0 Å². The van der Waals surface area contributed by atoms with Crippen molar-refractivity contribution in [3.8, 4) is 11.5 Å². The Labute approximate surface area is 184 Å². The number of amides is 2. The van der Waals surface area contributed by atoms with Crippen molar-refractivity contribution in [1.82, 2.24) is 14.5 Å². The van der Waals surface area contributed by atoms with Crippen LogP contribution < -0.4 is 14.8 Å². The zero-order valence-corrected chi connectivity index (χ0v) is 17.6. The SMILES string of the molecule is O=C(Nc1cccc(Cl)c1Cl)N(CCCn1ccnc1)Cc1ccc2c(c1)OCO2. The van der Waals surface area contributed by atoms with Gasteiger partial charge in [-0.25, -0.2) is 9.78 Å². The summed E-state index contributed by atoms with van der Waals surface area (Å²) in [7, 11) is 0. The predicted octanol–water partition coefficient (Wildman–Crippen LogP) is 5.04. The van der Waals surface area contributed by atoms with Gasteiger partial charge in [-0.15, -0.1) is 0 Å². The summed E-state index contributed by atoms with van der Waals surface area (Å²) in [5.74, 6) is 1.39. The normalized spacial score (nSPS) is 12.1. The Hall–Kier alpha value is -2.90. The van der Waals surface area contributed by atoms with Crippen molar-refractivity contribution in [2.75, 3.05) is 18.7 Å². The first-order valence-corrected chi connectivity index (χ1v) is 10.2. The molecule has 3 aromatic rings. The number of benzene rings is 2. The number of nitrogens with zero attached hydrogens (tertiary/aromatic N) is 3. The summed E-state index contributed by atoms with van der Waals surface area (Å²) < 4.78 is 12.8. The first kappa shape index (κ1) is 20.4. The monoisotopic (exact) mass is 446 g/mol. The van der Waals surface area contributed by atoms with Crippen LogP contribution in [0.2, 0.25) is 10.0 Å².